The van der Waals surface area contributed by atoms with Crippen molar-refractivity contribution in [3.63, 3.8) is 0 Å². The van der Waals surface area contributed by atoms with Crippen molar-refractivity contribution in [2.24, 2.45) is 0 Å². The molecular weight excluding hydrogens is 366 g/mol. The Bertz CT molecular complexity index is 466. The van der Waals surface area contributed by atoms with Gasteiger partial charge in [0.05, 0.1) is 13.6 Å². The molecule has 0 aromatic heterocycles. The number of halogens is 6. The molecule has 0 atom stereocenters. The van der Waals surface area contributed by atoms with Crippen LogP contribution in [0.5, 0.6) is 0 Å². The molecule has 0 aliphatic carbocycles. The van der Waals surface area contributed by atoms with Gasteiger partial charge in [0.2, 0.25) is 0 Å². The minimum absolute atomic E-state index is 0.778. The van der Waals surface area contributed by atoms with E-state index in [2.05, 4.69) is 19.3 Å². The van der Waals surface area contributed by atoms with Gasteiger partial charge in [0.1, 0.15) is 0 Å². The molecule has 0 bridgehead atoms. The number of quaternary nitrogens is 1. The van der Waals surface area contributed by atoms with Crippen LogP contribution in [0, 0.1) is 0 Å². The number of rotatable bonds is 6. The summed E-state index contributed by atoms with van der Waals surface area (Å²) in [6.07, 6.45) is 4.12. The molecular formula is C8H16F6N2O4S2. The Hall–Kier alpha value is -0.600. The van der Waals surface area contributed by atoms with Gasteiger partial charge in [-0.05, 0) is 12.8 Å². The van der Waals surface area contributed by atoms with Crippen LogP contribution in [0.1, 0.15) is 26.2 Å². The van der Waals surface area contributed by atoms with Crippen LogP contribution in [0.4, 0.5) is 26.3 Å². The molecule has 0 aliphatic rings. The number of nitrogens with zero attached hydrogens (tertiary/aromatic N) is 1. The third-order valence-corrected chi connectivity index (χ3v) is 4.62. The first-order valence-electron chi connectivity index (χ1n) is 5.77. The first kappa shape index (κ1) is 23.7. The van der Waals surface area contributed by atoms with Crippen LogP contribution in [0.15, 0.2) is 0 Å². The zero-order chi connectivity index (χ0) is 18.2. The van der Waals surface area contributed by atoms with Gasteiger partial charge >= 0.3 is 11.0 Å². The molecule has 22 heavy (non-hydrogen) atoms. The van der Waals surface area contributed by atoms with Crippen LogP contribution in [0.25, 0.3) is 4.13 Å². The van der Waals surface area contributed by atoms with Crippen molar-refractivity contribution in [2.45, 2.75) is 37.2 Å². The largest absolute Gasteiger partial charge is 0.480 e. The van der Waals surface area contributed by atoms with Gasteiger partial charge < -0.3 is 9.44 Å². The molecule has 0 spiro atoms. The topological polar surface area (TPSA) is 99.0 Å². The maximum absolute atomic E-state index is 11.4. The molecule has 2 N–H and O–H groups in total. The molecule has 0 saturated carbocycles. The predicted molar refractivity (Wildman–Crippen MR) is 65.6 cm³/mol. The normalized spacial score (nSPS) is 13.5. The van der Waals surface area contributed by atoms with E-state index in [4.69, 9.17) is 0 Å². The second-order valence-corrected chi connectivity index (χ2v) is 7.24. The number of alkyl halides is 6. The first-order valence-corrected chi connectivity index (χ1v) is 8.65. The van der Waals surface area contributed by atoms with Gasteiger partial charge in [-0.25, -0.2) is 16.8 Å². The fourth-order valence-corrected chi connectivity index (χ4v) is 2.52. The third kappa shape index (κ3) is 8.75. The predicted octanol–water partition coefficient (Wildman–Crippen LogP) is 1.43. The van der Waals surface area contributed by atoms with Crippen molar-refractivity contribution in [2.75, 3.05) is 13.6 Å². The zero-order valence-electron chi connectivity index (χ0n) is 11.6. The van der Waals surface area contributed by atoms with Crippen LogP contribution >= 0.6 is 0 Å². The van der Waals surface area contributed by atoms with E-state index in [1.54, 1.807) is 0 Å². The van der Waals surface area contributed by atoms with Crippen LogP contribution in [0.2, 0.25) is 0 Å². The second kappa shape index (κ2) is 8.88. The number of unbranched alkanes of at least 4 members (excludes halogenated alkanes) is 2. The molecule has 0 rings (SSSR count). The van der Waals surface area contributed by atoms with Crippen LogP contribution in [-0.4, -0.2) is 41.4 Å². The van der Waals surface area contributed by atoms with Crippen LogP contribution < -0.4 is 5.32 Å². The van der Waals surface area contributed by atoms with Gasteiger partial charge in [0, 0.05) is 0 Å². The summed E-state index contributed by atoms with van der Waals surface area (Å²) in [6, 6.07) is 0. The molecule has 0 unspecified atom stereocenters. The monoisotopic (exact) mass is 382 g/mol. The lowest BCUT2D eigenvalue weighted by Crippen LogP contribution is -2.79. The Morgan fingerprint density at radius 3 is 1.45 bits per heavy atom. The highest BCUT2D eigenvalue weighted by Crippen LogP contribution is 2.36. The minimum atomic E-state index is -6.72. The molecule has 0 heterocycles. The second-order valence-electron chi connectivity index (χ2n) is 3.82. The molecule has 0 fully saturated rings. The zero-order valence-corrected chi connectivity index (χ0v) is 13.2. The Labute approximate surface area is 124 Å². The summed E-state index contributed by atoms with van der Waals surface area (Å²) in [5, 5.41) is 2.23. The highest BCUT2D eigenvalue weighted by Gasteiger charge is 2.46. The number of nitrogens with two attached hydrogens (primary N) is 1. The first-order chi connectivity index (χ1) is 9.62. The molecule has 0 aromatic carbocycles. The van der Waals surface area contributed by atoms with E-state index >= 15 is 0 Å². The summed E-state index contributed by atoms with van der Waals surface area (Å²) >= 11 is 0. The minimum Gasteiger partial charge on any atom is -0.421 e. The lowest BCUT2D eigenvalue weighted by atomic mass is 10.2. The van der Waals surface area contributed by atoms with E-state index in [-0.39, 0.29) is 0 Å². The molecule has 136 valence electrons. The van der Waals surface area contributed by atoms with E-state index in [1.165, 1.54) is 25.8 Å². The number of hydrogen-bond acceptors (Lipinski definition) is 4. The van der Waals surface area contributed by atoms with Gasteiger partial charge in [0.15, 0.2) is 20.0 Å². The van der Waals surface area contributed by atoms with Crippen molar-refractivity contribution in [1.29, 1.82) is 0 Å². The Kier molecular flexibility index (Phi) is 9.55. The van der Waals surface area contributed by atoms with E-state index in [9.17, 15) is 43.2 Å². The molecule has 0 amide bonds. The van der Waals surface area contributed by atoms with Crippen LogP contribution in [-0.2, 0) is 20.0 Å². The summed E-state index contributed by atoms with van der Waals surface area (Å²) < 4.78 is 109. The molecule has 14 heteroatoms. The van der Waals surface area contributed by atoms with Crippen molar-refractivity contribution in [1.82, 2.24) is 0 Å². The lowest BCUT2D eigenvalue weighted by Gasteiger charge is -2.22. The summed E-state index contributed by atoms with van der Waals surface area (Å²) in [6.45, 7) is 3.53. The standard InChI is InChI=1S/C6H15N.C2F6NO4S2/c1-3-4-5-6-7-2;3-1(4,5)14(10,11)9-15(12,13)2(6,7)8/h7H,3-6H2,1-2H3;/q;-1/p+1. The summed E-state index contributed by atoms with van der Waals surface area (Å²) in [5.41, 5.74) is -12.4. The molecule has 0 saturated heterocycles. The Balaban J connectivity index is 0. The summed E-state index contributed by atoms with van der Waals surface area (Å²) in [7, 11) is -11.3. The van der Waals surface area contributed by atoms with E-state index in [1.807, 2.05) is 0 Å². The average Bonchev–Trinajstić information content (AvgIpc) is 2.26. The van der Waals surface area contributed by atoms with Crippen molar-refractivity contribution in [3.8, 4) is 0 Å². The van der Waals surface area contributed by atoms with Crippen molar-refractivity contribution >= 4 is 20.0 Å². The van der Waals surface area contributed by atoms with Crippen molar-refractivity contribution in [3.05, 3.63) is 4.13 Å². The molecule has 0 aromatic rings. The van der Waals surface area contributed by atoms with E-state index < -0.39 is 31.1 Å². The highest BCUT2D eigenvalue weighted by atomic mass is 32.3. The van der Waals surface area contributed by atoms with Crippen molar-refractivity contribution < 1.29 is 48.5 Å². The third-order valence-electron chi connectivity index (χ3n) is 1.88. The van der Waals surface area contributed by atoms with Gasteiger partial charge in [-0.2, -0.15) is 26.3 Å². The Morgan fingerprint density at radius 1 is 0.864 bits per heavy atom. The fraction of sp³-hybridized carbons (Fsp3) is 1.00. The quantitative estimate of drug-likeness (QED) is 0.555. The average molecular weight is 382 g/mol. The highest BCUT2D eigenvalue weighted by molar-refractivity contribution is 8.13. The van der Waals surface area contributed by atoms with Gasteiger partial charge in [-0.1, -0.05) is 13.3 Å². The maximum atomic E-state index is 11.4. The molecule has 0 aliphatic heterocycles. The van der Waals surface area contributed by atoms with Gasteiger partial charge in [-0.15, -0.1) is 0 Å². The molecule has 0 radical (unpaired) electrons. The van der Waals surface area contributed by atoms with Gasteiger partial charge in [-0.3, -0.25) is 0 Å². The lowest BCUT2D eigenvalue weighted by molar-refractivity contribution is -0.627. The van der Waals surface area contributed by atoms with E-state index in [0.29, 0.717) is 0 Å². The summed E-state index contributed by atoms with van der Waals surface area (Å²) in [5.74, 6) is 0. The smallest absolute Gasteiger partial charge is 0.421 e. The number of hydrogen-bond donors (Lipinski definition) is 1. The SMILES string of the molecule is CCCCC[NH2+]C.O=S(=O)([N-]S(=O)(=O)C(F)(F)F)C(F)(F)F. The van der Waals surface area contributed by atoms with E-state index in [0.717, 1.165) is 4.13 Å². The number of sulfonamides is 2. The summed E-state index contributed by atoms with van der Waals surface area (Å²) in [4.78, 5) is 0. The van der Waals surface area contributed by atoms with Crippen LogP contribution in [0.3, 0.4) is 0 Å². The maximum Gasteiger partial charge on any atom is 0.480 e. The fourth-order valence-electron chi connectivity index (χ4n) is 0.812. The van der Waals surface area contributed by atoms with Gasteiger partial charge in [0.25, 0.3) is 0 Å². The Morgan fingerprint density at radius 2 is 1.23 bits per heavy atom. The molecule has 6 nitrogen and oxygen atoms in total.